The first-order valence-corrected chi connectivity index (χ1v) is 9.55. The maximum atomic E-state index is 12.8. The molecule has 3 rings (SSSR count). The first kappa shape index (κ1) is 19.9. The summed E-state index contributed by atoms with van der Waals surface area (Å²) in [5.74, 6) is -0.899. The Hall–Kier alpha value is -2.90. The van der Waals surface area contributed by atoms with E-state index in [1.807, 2.05) is 30.3 Å². The van der Waals surface area contributed by atoms with Gasteiger partial charge in [-0.1, -0.05) is 18.2 Å². The lowest BCUT2D eigenvalue weighted by molar-refractivity contribution is -0.131. The van der Waals surface area contributed by atoms with Crippen molar-refractivity contribution in [1.29, 1.82) is 0 Å². The minimum absolute atomic E-state index is 0.0356. The number of hydrogen-bond acceptors (Lipinski definition) is 5. The molecule has 28 heavy (non-hydrogen) atoms. The largest absolute Gasteiger partial charge is 0.368 e. The normalized spacial score (nSPS) is 29.0. The van der Waals surface area contributed by atoms with Gasteiger partial charge < -0.3 is 21.3 Å². The number of hydrogen-bond donors (Lipinski definition) is 3. The van der Waals surface area contributed by atoms with Crippen LogP contribution in [0.4, 0.5) is 5.69 Å². The molecule has 150 valence electrons. The molecule has 1 heterocycles. The second kappa shape index (κ2) is 8.00. The third kappa shape index (κ3) is 3.85. The van der Waals surface area contributed by atoms with Crippen LogP contribution in [0.25, 0.3) is 0 Å². The molecule has 2 aliphatic rings. The summed E-state index contributed by atoms with van der Waals surface area (Å²) in [7, 11) is 1.79. The predicted molar refractivity (Wildman–Crippen MR) is 107 cm³/mol. The fourth-order valence-corrected chi connectivity index (χ4v) is 3.83. The van der Waals surface area contributed by atoms with Gasteiger partial charge >= 0.3 is 0 Å². The monoisotopic (exact) mass is 385 g/mol. The second-order valence-electron chi connectivity index (χ2n) is 7.68. The maximum Gasteiger partial charge on any atom is 0.248 e. The van der Waals surface area contributed by atoms with E-state index in [-0.39, 0.29) is 23.8 Å². The van der Waals surface area contributed by atoms with Crippen molar-refractivity contribution in [3.63, 3.8) is 0 Å². The third-order valence-corrected chi connectivity index (χ3v) is 5.79. The predicted octanol–water partition coefficient (Wildman–Crippen LogP) is 0.569. The molecule has 2 unspecified atom stereocenters. The van der Waals surface area contributed by atoms with Gasteiger partial charge in [0.1, 0.15) is 5.54 Å². The highest BCUT2D eigenvalue weighted by molar-refractivity contribution is 5.99. The SMILES string of the molecule is CN(C(=O)C1CCC(NC(=O)C2N=CNC2(C)C(N)=O)CC1)c1ccccc1. The zero-order valence-electron chi connectivity index (χ0n) is 16.2. The topological polar surface area (TPSA) is 117 Å². The highest BCUT2D eigenvalue weighted by atomic mass is 16.2. The second-order valence-corrected chi connectivity index (χ2v) is 7.68. The number of carbonyl (C=O) groups is 3. The van der Waals surface area contributed by atoms with Crippen molar-refractivity contribution >= 4 is 29.7 Å². The third-order valence-electron chi connectivity index (χ3n) is 5.79. The number of nitrogens with zero attached hydrogens (tertiary/aromatic N) is 2. The Morgan fingerprint density at radius 1 is 1.18 bits per heavy atom. The Morgan fingerprint density at radius 3 is 2.43 bits per heavy atom. The van der Waals surface area contributed by atoms with Crippen LogP contribution in [0.2, 0.25) is 0 Å². The lowest BCUT2D eigenvalue weighted by Crippen LogP contribution is -2.61. The lowest BCUT2D eigenvalue weighted by atomic mass is 9.84. The van der Waals surface area contributed by atoms with E-state index in [1.165, 1.54) is 6.34 Å². The molecular formula is C20H27N5O3. The van der Waals surface area contributed by atoms with E-state index in [0.717, 1.165) is 5.69 Å². The van der Waals surface area contributed by atoms with Crippen molar-refractivity contribution in [2.24, 2.45) is 16.6 Å². The summed E-state index contributed by atoms with van der Waals surface area (Å²) >= 11 is 0. The van der Waals surface area contributed by atoms with Gasteiger partial charge in [-0.25, -0.2) is 0 Å². The van der Waals surface area contributed by atoms with Crippen LogP contribution >= 0.6 is 0 Å². The Kier molecular flexibility index (Phi) is 5.67. The van der Waals surface area contributed by atoms with Crippen molar-refractivity contribution in [3.05, 3.63) is 30.3 Å². The molecular weight excluding hydrogens is 358 g/mol. The zero-order chi connectivity index (χ0) is 20.3. The van der Waals surface area contributed by atoms with E-state index < -0.39 is 17.5 Å². The molecule has 0 aromatic heterocycles. The van der Waals surface area contributed by atoms with Crippen LogP contribution in [0.5, 0.6) is 0 Å². The van der Waals surface area contributed by atoms with E-state index in [9.17, 15) is 14.4 Å². The summed E-state index contributed by atoms with van der Waals surface area (Å²) in [5.41, 5.74) is 5.08. The number of aliphatic imine (C=N–C) groups is 1. The van der Waals surface area contributed by atoms with Crippen molar-refractivity contribution in [1.82, 2.24) is 10.6 Å². The summed E-state index contributed by atoms with van der Waals surface area (Å²) in [6.07, 6.45) is 4.19. The highest BCUT2D eigenvalue weighted by Crippen LogP contribution is 2.28. The Balaban J connectivity index is 1.53. The molecule has 1 aliphatic heterocycles. The molecule has 1 aromatic carbocycles. The van der Waals surface area contributed by atoms with Crippen molar-refractivity contribution in [2.45, 2.75) is 50.2 Å². The number of carbonyl (C=O) groups excluding carboxylic acids is 3. The molecule has 0 bridgehead atoms. The average molecular weight is 385 g/mol. The van der Waals surface area contributed by atoms with Crippen LogP contribution in [0.15, 0.2) is 35.3 Å². The number of nitrogens with one attached hydrogen (secondary N) is 2. The quantitative estimate of drug-likeness (QED) is 0.687. The molecule has 3 amide bonds. The van der Waals surface area contributed by atoms with E-state index in [1.54, 1.807) is 18.9 Å². The summed E-state index contributed by atoms with van der Waals surface area (Å²) < 4.78 is 0. The molecule has 0 spiro atoms. The fraction of sp³-hybridized carbons (Fsp3) is 0.500. The lowest BCUT2D eigenvalue weighted by Gasteiger charge is -2.32. The minimum Gasteiger partial charge on any atom is -0.368 e. The summed E-state index contributed by atoms with van der Waals surface area (Å²) in [4.78, 5) is 42.8. The van der Waals surface area contributed by atoms with Crippen molar-refractivity contribution in [2.75, 3.05) is 11.9 Å². The number of anilines is 1. The molecule has 1 aromatic rings. The molecule has 0 saturated heterocycles. The van der Waals surface area contributed by atoms with Gasteiger partial charge in [0.2, 0.25) is 17.7 Å². The van der Waals surface area contributed by atoms with Crippen molar-refractivity contribution < 1.29 is 14.4 Å². The average Bonchev–Trinajstić information content (AvgIpc) is 3.11. The Bertz CT molecular complexity index is 773. The molecule has 8 nitrogen and oxygen atoms in total. The number of amides is 3. The Labute approximate surface area is 164 Å². The van der Waals surface area contributed by atoms with E-state index in [4.69, 9.17) is 5.73 Å². The van der Waals surface area contributed by atoms with Gasteiger partial charge in [0, 0.05) is 24.7 Å². The van der Waals surface area contributed by atoms with Gasteiger partial charge in [0.15, 0.2) is 6.04 Å². The number of benzene rings is 1. The van der Waals surface area contributed by atoms with Gasteiger partial charge in [0.25, 0.3) is 0 Å². The fourth-order valence-electron chi connectivity index (χ4n) is 3.83. The summed E-state index contributed by atoms with van der Waals surface area (Å²) in [6, 6.07) is 8.64. The van der Waals surface area contributed by atoms with Gasteiger partial charge in [0.05, 0.1) is 6.34 Å². The van der Waals surface area contributed by atoms with Crippen LogP contribution in [-0.4, -0.2) is 48.7 Å². The van der Waals surface area contributed by atoms with Gasteiger partial charge in [-0.3, -0.25) is 19.4 Å². The van der Waals surface area contributed by atoms with Crippen LogP contribution in [0.1, 0.15) is 32.6 Å². The molecule has 2 atom stereocenters. The van der Waals surface area contributed by atoms with Crippen LogP contribution in [-0.2, 0) is 14.4 Å². The first-order chi connectivity index (χ1) is 13.3. The Morgan fingerprint density at radius 2 is 1.82 bits per heavy atom. The van der Waals surface area contributed by atoms with Gasteiger partial charge in [-0.2, -0.15) is 0 Å². The molecule has 4 N–H and O–H groups in total. The highest BCUT2D eigenvalue weighted by Gasteiger charge is 2.47. The maximum absolute atomic E-state index is 12.8. The molecule has 8 heteroatoms. The van der Waals surface area contributed by atoms with E-state index in [0.29, 0.717) is 25.7 Å². The number of para-hydroxylation sites is 1. The summed E-state index contributed by atoms with van der Waals surface area (Å²) in [5, 5.41) is 5.74. The van der Waals surface area contributed by atoms with Crippen LogP contribution in [0.3, 0.4) is 0 Å². The number of primary amides is 1. The summed E-state index contributed by atoms with van der Waals surface area (Å²) in [6.45, 7) is 1.57. The van der Waals surface area contributed by atoms with Crippen LogP contribution < -0.4 is 21.3 Å². The smallest absolute Gasteiger partial charge is 0.248 e. The molecule has 1 saturated carbocycles. The molecule has 1 aliphatic carbocycles. The first-order valence-electron chi connectivity index (χ1n) is 9.55. The zero-order valence-corrected chi connectivity index (χ0v) is 16.2. The van der Waals surface area contributed by atoms with Gasteiger partial charge in [-0.05, 0) is 44.7 Å². The van der Waals surface area contributed by atoms with E-state index >= 15 is 0 Å². The van der Waals surface area contributed by atoms with E-state index in [2.05, 4.69) is 15.6 Å². The number of rotatable bonds is 5. The minimum atomic E-state index is -1.21. The molecule has 1 fully saturated rings. The number of nitrogens with two attached hydrogens (primary N) is 1. The van der Waals surface area contributed by atoms with Gasteiger partial charge in [-0.15, -0.1) is 0 Å². The van der Waals surface area contributed by atoms with Crippen LogP contribution in [0, 0.1) is 5.92 Å². The standard InChI is InChI=1S/C20H27N5O3/c1-20(19(21)28)16(22-12-23-20)17(26)24-14-10-8-13(9-11-14)18(27)25(2)15-6-4-3-5-7-15/h3-7,12-14,16H,8-11H2,1-2H3,(H2,21,28)(H,22,23)(H,24,26). The van der Waals surface area contributed by atoms with Crippen molar-refractivity contribution in [3.8, 4) is 0 Å². The molecule has 0 radical (unpaired) electrons.